The van der Waals surface area contributed by atoms with Gasteiger partial charge in [0.2, 0.25) is 5.91 Å². The van der Waals surface area contributed by atoms with Gasteiger partial charge in [-0.3, -0.25) is 19.7 Å². The van der Waals surface area contributed by atoms with Crippen LogP contribution in [0.25, 0.3) is 0 Å². The minimum absolute atomic E-state index is 0.0213. The van der Waals surface area contributed by atoms with Gasteiger partial charge in [-0.1, -0.05) is 15.9 Å². The molecule has 1 aromatic rings. The number of nitro groups is 1. The summed E-state index contributed by atoms with van der Waals surface area (Å²) in [6.45, 7) is 1.21. The number of hydrogen-bond acceptors (Lipinski definition) is 4. The van der Waals surface area contributed by atoms with Crippen LogP contribution in [0.5, 0.6) is 0 Å². The fourth-order valence-corrected chi connectivity index (χ4v) is 1.82. The second kappa shape index (κ2) is 5.58. The van der Waals surface area contributed by atoms with E-state index in [2.05, 4.69) is 21.2 Å². The van der Waals surface area contributed by atoms with Gasteiger partial charge in [0.15, 0.2) is 0 Å². The molecule has 0 aromatic heterocycles. The number of anilines is 1. The molecule has 2 N–H and O–H groups in total. The summed E-state index contributed by atoms with van der Waals surface area (Å²) >= 11 is 3.06. The van der Waals surface area contributed by atoms with Gasteiger partial charge in [-0.25, -0.2) is 0 Å². The van der Waals surface area contributed by atoms with Crippen LogP contribution in [0.15, 0.2) is 16.6 Å². The third-order valence-corrected chi connectivity index (χ3v) is 2.75. The quantitative estimate of drug-likeness (QED) is 0.651. The predicted octanol–water partition coefficient (Wildman–Crippen LogP) is 1.94. The molecule has 18 heavy (non-hydrogen) atoms. The fourth-order valence-electron chi connectivity index (χ4n) is 1.35. The van der Waals surface area contributed by atoms with Gasteiger partial charge in [0.25, 0.3) is 5.69 Å². The van der Waals surface area contributed by atoms with E-state index in [1.807, 2.05) is 0 Å². The number of hydrogen-bond donors (Lipinski definition) is 2. The summed E-state index contributed by atoms with van der Waals surface area (Å²) < 4.78 is 0.311. The monoisotopic (exact) mass is 316 g/mol. The van der Waals surface area contributed by atoms with Crippen molar-refractivity contribution in [3.05, 3.63) is 32.3 Å². The van der Waals surface area contributed by atoms with Crippen molar-refractivity contribution in [1.82, 2.24) is 0 Å². The SMILES string of the molecule is CC(=O)Nc1cc(CC(=O)O)c(Br)cc1[N+](=O)[O-]. The molecule has 0 saturated carbocycles. The van der Waals surface area contributed by atoms with E-state index in [0.717, 1.165) is 0 Å². The number of rotatable bonds is 4. The molecule has 7 nitrogen and oxygen atoms in total. The third kappa shape index (κ3) is 3.52. The van der Waals surface area contributed by atoms with Crippen LogP contribution in [0.3, 0.4) is 0 Å². The molecule has 0 aliphatic carbocycles. The van der Waals surface area contributed by atoms with Gasteiger partial charge in [0.1, 0.15) is 5.69 Å². The lowest BCUT2D eigenvalue weighted by Crippen LogP contribution is -2.10. The van der Waals surface area contributed by atoms with E-state index >= 15 is 0 Å². The van der Waals surface area contributed by atoms with Crippen LogP contribution in [0.1, 0.15) is 12.5 Å². The van der Waals surface area contributed by atoms with Crippen molar-refractivity contribution in [3.63, 3.8) is 0 Å². The summed E-state index contributed by atoms with van der Waals surface area (Å²) in [6, 6.07) is 2.45. The molecular formula is C10H9BrN2O5. The Morgan fingerprint density at radius 1 is 1.50 bits per heavy atom. The van der Waals surface area contributed by atoms with Crippen LogP contribution in [0, 0.1) is 10.1 Å². The van der Waals surface area contributed by atoms with E-state index < -0.39 is 16.8 Å². The van der Waals surface area contributed by atoms with Crippen molar-refractivity contribution >= 4 is 39.2 Å². The van der Waals surface area contributed by atoms with Crippen LogP contribution >= 0.6 is 15.9 Å². The topological polar surface area (TPSA) is 110 Å². The molecular weight excluding hydrogens is 308 g/mol. The maximum Gasteiger partial charge on any atom is 0.307 e. The number of halogens is 1. The van der Waals surface area contributed by atoms with Gasteiger partial charge < -0.3 is 10.4 Å². The lowest BCUT2D eigenvalue weighted by Gasteiger charge is -2.07. The van der Waals surface area contributed by atoms with Crippen LogP contribution in [0.2, 0.25) is 0 Å². The van der Waals surface area contributed by atoms with Crippen molar-refractivity contribution in [2.75, 3.05) is 5.32 Å². The second-order valence-corrected chi connectivity index (χ2v) is 4.32. The maximum atomic E-state index is 10.9. The van der Waals surface area contributed by atoms with Gasteiger partial charge >= 0.3 is 5.97 Å². The Labute approximate surface area is 110 Å². The predicted molar refractivity (Wildman–Crippen MR) is 66.4 cm³/mol. The molecule has 96 valence electrons. The Morgan fingerprint density at radius 3 is 2.56 bits per heavy atom. The fraction of sp³-hybridized carbons (Fsp3) is 0.200. The van der Waals surface area contributed by atoms with E-state index in [1.165, 1.54) is 19.1 Å². The highest BCUT2D eigenvalue weighted by atomic mass is 79.9. The highest BCUT2D eigenvalue weighted by molar-refractivity contribution is 9.10. The molecule has 0 fully saturated rings. The summed E-state index contributed by atoms with van der Waals surface area (Å²) in [4.78, 5) is 31.7. The molecule has 0 bridgehead atoms. The molecule has 8 heteroatoms. The molecule has 0 radical (unpaired) electrons. The molecule has 0 spiro atoms. The largest absolute Gasteiger partial charge is 0.481 e. The molecule has 1 rings (SSSR count). The second-order valence-electron chi connectivity index (χ2n) is 3.47. The zero-order chi connectivity index (χ0) is 13.9. The van der Waals surface area contributed by atoms with E-state index in [4.69, 9.17) is 5.11 Å². The van der Waals surface area contributed by atoms with Crippen LogP contribution in [-0.4, -0.2) is 21.9 Å². The molecule has 0 aliphatic rings. The Kier molecular flexibility index (Phi) is 4.38. The standard InChI is InChI=1S/C10H9BrN2O5/c1-5(14)12-8-2-6(3-10(15)16)7(11)4-9(8)13(17)18/h2,4H,3H2,1H3,(H,12,14)(H,15,16). The van der Waals surface area contributed by atoms with Gasteiger partial charge in [0, 0.05) is 17.5 Å². The molecule has 0 atom stereocenters. The molecule has 0 aliphatic heterocycles. The number of nitrogens with zero attached hydrogens (tertiary/aromatic N) is 1. The Morgan fingerprint density at radius 2 is 2.11 bits per heavy atom. The molecule has 0 saturated heterocycles. The first-order chi connectivity index (χ1) is 8.31. The molecule has 0 unspecified atom stereocenters. The summed E-state index contributed by atoms with van der Waals surface area (Å²) in [6.07, 6.45) is -0.300. The number of carboxylic acids is 1. The van der Waals surface area contributed by atoms with Crippen LogP contribution < -0.4 is 5.32 Å². The lowest BCUT2D eigenvalue weighted by atomic mass is 10.1. The minimum atomic E-state index is -1.07. The van der Waals surface area contributed by atoms with Crippen molar-refractivity contribution in [2.45, 2.75) is 13.3 Å². The maximum absolute atomic E-state index is 10.9. The lowest BCUT2D eigenvalue weighted by molar-refractivity contribution is -0.384. The van der Waals surface area contributed by atoms with E-state index in [1.54, 1.807) is 0 Å². The summed E-state index contributed by atoms with van der Waals surface area (Å²) in [7, 11) is 0. The average molecular weight is 317 g/mol. The summed E-state index contributed by atoms with van der Waals surface area (Å²) in [5, 5.41) is 21.8. The summed E-state index contributed by atoms with van der Waals surface area (Å²) in [5.41, 5.74) is 0.0232. The number of carboxylic acid groups (broad SMARTS) is 1. The summed E-state index contributed by atoms with van der Waals surface area (Å²) in [5.74, 6) is -1.54. The van der Waals surface area contributed by atoms with Gasteiger partial charge in [-0.15, -0.1) is 0 Å². The van der Waals surface area contributed by atoms with E-state index in [0.29, 0.717) is 10.0 Å². The zero-order valence-corrected chi connectivity index (χ0v) is 10.9. The first kappa shape index (κ1) is 14.1. The molecule has 1 amide bonds. The van der Waals surface area contributed by atoms with Crippen LogP contribution in [-0.2, 0) is 16.0 Å². The average Bonchev–Trinajstić information content (AvgIpc) is 2.20. The molecule has 0 heterocycles. The van der Waals surface area contributed by atoms with Crippen molar-refractivity contribution in [1.29, 1.82) is 0 Å². The smallest absolute Gasteiger partial charge is 0.307 e. The highest BCUT2D eigenvalue weighted by Crippen LogP contribution is 2.31. The van der Waals surface area contributed by atoms with Gasteiger partial charge in [-0.2, -0.15) is 0 Å². The Balaban J connectivity index is 3.30. The van der Waals surface area contributed by atoms with Crippen molar-refractivity contribution in [2.24, 2.45) is 0 Å². The Bertz CT molecular complexity index is 529. The van der Waals surface area contributed by atoms with Crippen molar-refractivity contribution < 1.29 is 19.6 Å². The Hall–Kier alpha value is -1.96. The number of benzene rings is 1. The normalized spacial score (nSPS) is 9.89. The number of amides is 1. The number of carbonyl (C=O) groups excluding carboxylic acids is 1. The van der Waals surface area contributed by atoms with E-state index in [9.17, 15) is 19.7 Å². The first-order valence-electron chi connectivity index (χ1n) is 4.77. The van der Waals surface area contributed by atoms with Gasteiger partial charge in [-0.05, 0) is 11.6 Å². The number of aliphatic carboxylic acids is 1. The van der Waals surface area contributed by atoms with Crippen LogP contribution in [0.4, 0.5) is 11.4 Å². The third-order valence-electron chi connectivity index (χ3n) is 2.01. The number of nitro benzene ring substituents is 1. The van der Waals surface area contributed by atoms with Gasteiger partial charge in [0.05, 0.1) is 11.3 Å². The highest BCUT2D eigenvalue weighted by Gasteiger charge is 2.19. The number of carbonyl (C=O) groups is 2. The zero-order valence-electron chi connectivity index (χ0n) is 9.27. The minimum Gasteiger partial charge on any atom is -0.481 e. The molecule has 1 aromatic carbocycles. The van der Waals surface area contributed by atoms with E-state index in [-0.39, 0.29) is 17.8 Å². The van der Waals surface area contributed by atoms with Crippen molar-refractivity contribution in [3.8, 4) is 0 Å². The first-order valence-corrected chi connectivity index (χ1v) is 5.56. The number of nitrogens with one attached hydrogen (secondary N) is 1.